The van der Waals surface area contributed by atoms with Crippen LogP contribution in [-0.2, 0) is 11.0 Å². The summed E-state index contributed by atoms with van der Waals surface area (Å²) in [6.07, 6.45) is -3.20. The lowest BCUT2D eigenvalue weighted by Crippen LogP contribution is -2.16. The average molecular weight is 503 g/mol. The number of halogens is 4. The first-order valence-corrected chi connectivity index (χ1v) is 12.2. The summed E-state index contributed by atoms with van der Waals surface area (Å²) in [7, 11) is 0. The number of hydrogen-bond donors (Lipinski definition) is 2. The van der Waals surface area contributed by atoms with E-state index in [0.717, 1.165) is 32.0 Å². The first kappa shape index (κ1) is 23.3. The van der Waals surface area contributed by atoms with Crippen LogP contribution in [0.4, 0.5) is 23.4 Å². The molecule has 3 aromatic rings. The average Bonchev–Trinajstić information content (AvgIpc) is 3.66. The summed E-state index contributed by atoms with van der Waals surface area (Å²) in [4.78, 5) is 20.7. The summed E-state index contributed by atoms with van der Waals surface area (Å²) in [6.45, 7) is 5.91. The number of piperidine rings is 1. The number of aromatic nitrogens is 4. The molecule has 0 radical (unpaired) electrons. The maximum Gasteiger partial charge on any atom is 0.418 e. The number of rotatable bonds is 5. The van der Waals surface area contributed by atoms with Crippen LogP contribution in [0.15, 0.2) is 6.07 Å². The number of nitrogens with one attached hydrogen (secondary N) is 1. The number of carbonyl (C=O) groups is 1. The van der Waals surface area contributed by atoms with Crippen LogP contribution in [0.3, 0.4) is 0 Å². The normalized spacial score (nSPS) is 24.2. The zero-order valence-electron chi connectivity index (χ0n) is 20.1. The number of nitrogens with two attached hydrogens (primary N) is 1. The fourth-order valence-corrected chi connectivity index (χ4v) is 5.82. The van der Waals surface area contributed by atoms with E-state index < -0.39 is 34.7 Å². The van der Waals surface area contributed by atoms with Gasteiger partial charge in [0.1, 0.15) is 22.8 Å². The molecule has 3 fully saturated rings. The van der Waals surface area contributed by atoms with Crippen molar-refractivity contribution in [3.63, 3.8) is 0 Å². The van der Waals surface area contributed by atoms with E-state index in [4.69, 9.17) is 10.8 Å². The molecule has 0 amide bonds. The minimum Gasteiger partial charge on any atom is -0.384 e. The van der Waals surface area contributed by atoms with Crippen molar-refractivity contribution in [1.29, 1.82) is 0 Å². The van der Waals surface area contributed by atoms with Crippen LogP contribution >= 0.6 is 0 Å². The maximum absolute atomic E-state index is 16.4. The molecule has 11 heteroatoms. The SMILES string of the molecule is CC(=O)C(C)c1nc(-c2cc(N)nc(C)c2C(F)(F)F)c(F)c2c1c(C1[C@H]3CNC[C@@H]13)nn2C1CC1. The Morgan fingerprint density at radius 3 is 2.47 bits per heavy atom. The van der Waals surface area contributed by atoms with Crippen molar-refractivity contribution in [2.75, 3.05) is 18.8 Å². The molecule has 0 aromatic carbocycles. The Morgan fingerprint density at radius 1 is 1.22 bits per heavy atom. The summed E-state index contributed by atoms with van der Waals surface area (Å²) in [5.41, 5.74) is 4.46. The van der Waals surface area contributed by atoms with Gasteiger partial charge in [-0.15, -0.1) is 0 Å². The molecule has 1 aliphatic heterocycles. The number of anilines is 1. The lowest BCUT2D eigenvalue weighted by molar-refractivity contribution is -0.137. The highest BCUT2D eigenvalue weighted by Gasteiger charge is 2.56. The Kier molecular flexibility index (Phi) is 4.99. The first-order chi connectivity index (χ1) is 17.0. The minimum atomic E-state index is -4.81. The van der Waals surface area contributed by atoms with Crippen LogP contribution in [0, 0.1) is 24.6 Å². The molecule has 2 unspecified atom stereocenters. The van der Waals surface area contributed by atoms with Crippen LogP contribution in [0.25, 0.3) is 22.2 Å². The van der Waals surface area contributed by atoms with E-state index in [1.165, 1.54) is 13.8 Å². The van der Waals surface area contributed by atoms with E-state index in [0.29, 0.717) is 22.9 Å². The van der Waals surface area contributed by atoms with Gasteiger partial charge in [0.05, 0.1) is 34.6 Å². The number of hydrogen-bond acceptors (Lipinski definition) is 6. The molecular formula is C25H26F4N6O. The Morgan fingerprint density at radius 2 is 1.89 bits per heavy atom. The van der Waals surface area contributed by atoms with Gasteiger partial charge >= 0.3 is 6.18 Å². The quantitative estimate of drug-likeness (QED) is 0.499. The third-order valence-electron chi connectivity index (χ3n) is 7.92. The van der Waals surface area contributed by atoms with E-state index in [1.54, 1.807) is 11.6 Å². The highest BCUT2D eigenvalue weighted by Crippen LogP contribution is 2.58. The molecule has 3 aliphatic rings. The molecular weight excluding hydrogens is 476 g/mol. The predicted molar refractivity (Wildman–Crippen MR) is 125 cm³/mol. The Labute approximate surface area is 204 Å². The van der Waals surface area contributed by atoms with Gasteiger partial charge in [-0.1, -0.05) is 0 Å². The third-order valence-corrected chi connectivity index (χ3v) is 7.92. The third kappa shape index (κ3) is 3.42. The van der Waals surface area contributed by atoms with Crippen molar-refractivity contribution in [2.45, 2.75) is 57.7 Å². The molecule has 0 spiro atoms. The largest absolute Gasteiger partial charge is 0.418 e. The maximum atomic E-state index is 16.4. The highest BCUT2D eigenvalue weighted by atomic mass is 19.4. The van der Waals surface area contributed by atoms with Crippen molar-refractivity contribution in [3.8, 4) is 11.3 Å². The van der Waals surface area contributed by atoms with Gasteiger partial charge in [-0.2, -0.15) is 18.3 Å². The van der Waals surface area contributed by atoms with E-state index >= 15 is 4.39 Å². The first-order valence-electron chi connectivity index (χ1n) is 12.2. The minimum absolute atomic E-state index is 0.0328. The molecule has 1 saturated heterocycles. The zero-order chi connectivity index (χ0) is 25.7. The van der Waals surface area contributed by atoms with Gasteiger partial charge < -0.3 is 11.1 Å². The standard InChI is InChI=1S/C25H26F4N6O/c1-9(11(3)36)21-18-23(17-14-7-31-8-15(14)17)34-35(12-4-5-12)24(18)20(26)22(33-21)13-6-16(30)32-10(2)19(13)25(27,28)29/h6,9,12,14-15,17,31H,4-5,7-8H2,1-3H3,(H2,30,32)/t9?,14-,15+,17?. The molecule has 6 rings (SSSR count). The number of pyridine rings is 2. The number of nitrogen functional groups attached to an aromatic ring is 1. The Hall–Kier alpha value is -3.08. The van der Waals surface area contributed by atoms with E-state index in [1.807, 2.05) is 0 Å². The number of fused-ring (bicyclic) bond motifs is 2. The smallest absolute Gasteiger partial charge is 0.384 e. The van der Waals surface area contributed by atoms with Crippen molar-refractivity contribution < 1.29 is 22.4 Å². The van der Waals surface area contributed by atoms with Gasteiger partial charge in [0.25, 0.3) is 0 Å². The van der Waals surface area contributed by atoms with E-state index in [9.17, 15) is 18.0 Å². The summed E-state index contributed by atoms with van der Waals surface area (Å²) in [5.74, 6) is -1.16. The van der Waals surface area contributed by atoms with Crippen LogP contribution in [0.1, 0.15) is 67.2 Å². The van der Waals surface area contributed by atoms with Crippen molar-refractivity contribution in [1.82, 2.24) is 25.1 Å². The molecule has 2 saturated carbocycles. The molecule has 3 aromatic heterocycles. The number of ketones is 1. The second-order valence-corrected chi connectivity index (χ2v) is 10.3. The Balaban J connectivity index is 1.69. The van der Waals surface area contributed by atoms with Gasteiger partial charge in [0.2, 0.25) is 0 Å². The predicted octanol–water partition coefficient (Wildman–Crippen LogP) is 4.50. The number of aryl methyl sites for hydroxylation is 1. The van der Waals surface area contributed by atoms with Crippen molar-refractivity contribution in [2.24, 2.45) is 11.8 Å². The molecule has 7 nitrogen and oxygen atoms in total. The van der Waals surface area contributed by atoms with Gasteiger partial charge in [0, 0.05) is 16.9 Å². The molecule has 36 heavy (non-hydrogen) atoms. The molecule has 4 heterocycles. The van der Waals surface area contributed by atoms with Crippen LogP contribution < -0.4 is 11.1 Å². The van der Waals surface area contributed by atoms with Crippen molar-refractivity contribution in [3.05, 3.63) is 34.5 Å². The molecule has 0 bridgehead atoms. The fourth-order valence-electron chi connectivity index (χ4n) is 5.82. The topological polar surface area (TPSA) is 98.7 Å². The summed E-state index contributed by atoms with van der Waals surface area (Å²) >= 11 is 0. The monoisotopic (exact) mass is 502 g/mol. The Bertz CT molecular complexity index is 1420. The van der Waals surface area contributed by atoms with Gasteiger partial charge in [-0.3, -0.25) is 9.48 Å². The fraction of sp³-hybridized carbons (Fsp3) is 0.520. The number of Topliss-reactive ketones (excluding diaryl/α,β-unsaturated/α-hetero) is 1. The van der Waals surface area contributed by atoms with Gasteiger partial charge in [-0.25, -0.2) is 14.4 Å². The lowest BCUT2D eigenvalue weighted by Gasteiger charge is -2.19. The van der Waals surface area contributed by atoms with E-state index in [2.05, 4.69) is 15.3 Å². The summed E-state index contributed by atoms with van der Waals surface area (Å²) < 4.78 is 60.4. The van der Waals surface area contributed by atoms with Crippen LogP contribution in [-0.4, -0.2) is 38.6 Å². The van der Waals surface area contributed by atoms with Crippen LogP contribution in [0.5, 0.6) is 0 Å². The van der Waals surface area contributed by atoms with Crippen LogP contribution in [0.2, 0.25) is 0 Å². The van der Waals surface area contributed by atoms with Gasteiger partial charge in [-0.05, 0) is 64.6 Å². The van der Waals surface area contributed by atoms with E-state index in [-0.39, 0.29) is 40.5 Å². The van der Waals surface area contributed by atoms with Crippen molar-refractivity contribution >= 4 is 22.5 Å². The number of carbonyl (C=O) groups excluding carboxylic acids is 1. The second kappa shape index (κ2) is 7.71. The molecule has 2 aliphatic carbocycles. The zero-order valence-corrected chi connectivity index (χ0v) is 20.1. The molecule has 190 valence electrons. The highest BCUT2D eigenvalue weighted by molar-refractivity contribution is 5.95. The molecule has 4 atom stereocenters. The summed E-state index contributed by atoms with van der Waals surface area (Å²) in [6, 6.07) is 0.972. The molecule has 3 N–H and O–H groups in total. The number of nitrogens with zero attached hydrogens (tertiary/aromatic N) is 4. The van der Waals surface area contributed by atoms with Gasteiger partial charge in [0.15, 0.2) is 5.82 Å². The number of alkyl halides is 3. The summed E-state index contributed by atoms with van der Waals surface area (Å²) in [5, 5.41) is 8.65. The second-order valence-electron chi connectivity index (χ2n) is 10.3. The lowest BCUT2D eigenvalue weighted by atomic mass is 9.94.